The van der Waals surface area contributed by atoms with Gasteiger partial charge in [-0.1, -0.05) is 6.92 Å². The second-order valence-corrected chi connectivity index (χ2v) is 5.76. The highest BCUT2D eigenvalue weighted by atomic mass is 32.1. The van der Waals surface area contributed by atoms with Gasteiger partial charge < -0.3 is 15.4 Å². The minimum absolute atomic E-state index is 0.205. The Balaban J connectivity index is 2.05. The van der Waals surface area contributed by atoms with Gasteiger partial charge in [-0.2, -0.15) is 0 Å². The van der Waals surface area contributed by atoms with Gasteiger partial charge in [0.05, 0.1) is 24.6 Å². The van der Waals surface area contributed by atoms with Crippen LogP contribution in [0.15, 0.2) is 12.4 Å². The lowest BCUT2D eigenvalue weighted by Crippen LogP contribution is -2.49. The average Bonchev–Trinajstić information content (AvgIpc) is 2.90. The highest BCUT2D eigenvalue weighted by molar-refractivity contribution is 7.18. The van der Waals surface area contributed by atoms with Crippen molar-refractivity contribution in [2.45, 2.75) is 19.4 Å². The normalized spacial score (nSPS) is 20.1. The van der Waals surface area contributed by atoms with E-state index in [9.17, 15) is 0 Å². The molecule has 0 bridgehead atoms. The maximum Gasteiger partial charge on any atom is 0.141 e. The zero-order valence-electron chi connectivity index (χ0n) is 11.0. The molecule has 1 aliphatic heterocycles. The summed E-state index contributed by atoms with van der Waals surface area (Å²) in [5.74, 6) is 1.000. The molecule has 1 atom stereocenters. The first-order chi connectivity index (χ1) is 9.33. The van der Waals surface area contributed by atoms with Crippen molar-refractivity contribution in [3.8, 4) is 0 Å². The fourth-order valence-corrected chi connectivity index (χ4v) is 3.35. The lowest BCUT2D eigenvalue weighted by molar-refractivity contribution is 0.0960. The fourth-order valence-electron chi connectivity index (χ4n) is 2.43. The van der Waals surface area contributed by atoms with Crippen LogP contribution in [0.25, 0.3) is 10.2 Å². The van der Waals surface area contributed by atoms with Crippen molar-refractivity contribution in [3.05, 3.63) is 17.3 Å². The molecule has 1 aliphatic rings. The predicted molar refractivity (Wildman–Crippen MR) is 77.8 cm³/mol. The third-order valence-electron chi connectivity index (χ3n) is 3.48. The Morgan fingerprint density at radius 3 is 3.21 bits per heavy atom. The summed E-state index contributed by atoms with van der Waals surface area (Å²) in [5.41, 5.74) is 5.84. The van der Waals surface area contributed by atoms with Crippen LogP contribution >= 0.6 is 11.3 Å². The fraction of sp³-hybridized carbons (Fsp3) is 0.538. The predicted octanol–water partition coefficient (Wildman–Crippen LogP) is 1.42. The van der Waals surface area contributed by atoms with Gasteiger partial charge in [0, 0.05) is 18.0 Å². The lowest BCUT2D eigenvalue weighted by atomic mass is 10.2. The van der Waals surface area contributed by atoms with E-state index in [0.717, 1.165) is 35.6 Å². The van der Waals surface area contributed by atoms with Crippen molar-refractivity contribution < 1.29 is 4.74 Å². The topological polar surface area (TPSA) is 64.3 Å². The molecule has 2 aromatic heterocycles. The van der Waals surface area contributed by atoms with Crippen LogP contribution in [0.5, 0.6) is 0 Å². The van der Waals surface area contributed by atoms with E-state index in [1.165, 1.54) is 4.88 Å². The van der Waals surface area contributed by atoms with Crippen LogP contribution in [0.4, 0.5) is 5.82 Å². The molecule has 0 spiro atoms. The monoisotopic (exact) mass is 278 g/mol. The van der Waals surface area contributed by atoms with Gasteiger partial charge in [0.1, 0.15) is 17.0 Å². The molecule has 2 N–H and O–H groups in total. The van der Waals surface area contributed by atoms with E-state index in [0.29, 0.717) is 13.2 Å². The van der Waals surface area contributed by atoms with E-state index >= 15 is 0 Å². The molecule has 3 heterocycles. The molecule has 3 rings (SSSR count). The Kier molecular flexibility index (Phi) is 3.63. The largest absolute Gasteiger partial charge is 0.377 e. The number of thiophene rings is 1. The summed E-state index contributed by atoms with van der Waals surface area (Å²) in [6.07, 6.45) is 2.68. The summed E-state index contributed by atoms with van der Waals surface area (Å²) >= 11 is 1.74. The van der Waals surface area contributed by atoms with E-state index in [-0.39, 0.29) is 6.04 Å². The zero-order chi connectivity index (χ0) is 13.2. The number of anilines is 1. The Morgan fingerprint density at radius 2 is 2.42 bits per heavy atom. The molecular formula is C13H18N4OS. The first-order valence-electron chi connectivity index (χ1n) is 6.61. The summed E-state index contributed by atoms with van der Waals surface area (Å²) in [6, 6.07) is 2.41. The van der Waals surface area contributed by atoms with Crippen LogP contribution in [0.3, 0.4) is 0 Å². The molecule has 1 saturated heterocycles. The molecule has 0 saturated carbocycles. The van der Waals surface area contributed by atoms with Crippen molar-refractivity contribution in [1.82, 2.24) is 9.97 Å². The molecule has 19 heavy (non-hydrogen) atoms. The van der Waals surface area contributed by atoms with Gasteiger partial charge in [0.25, 0.3) is 0 Å². The van der Waals surface area contributed by atoms with Crippen LogP contribution in [-0.4, -0.2) is 42.3 Å². The Hall–Kier alpha value is -1.24. The van der Waals surface area contributed by atoms with Gasteiger partial charge in [-0.3, -0.25) is 0 Å². The number of aryl methyl sites for hydroxylation is 1. The van der Waals surface area contributed by atoms with Gasteiger partial charge in [-0.15, -0.1) is 11.3 Å². The molecule has 2 aromatic rings. The molecule has 0 radical (unpaired) electrons. The van der Waals surface area contributed by atoms with E-state index < -0.39 is 0 Å². The molecule has 0 amide bonds. The number of hydrogen-bond donors (Lipinski definition) is 1. The minimum Gasteiger partial charge on any atom is -0.377 e. The van der Waals surface area contributed by atoms with Crippen LogP contribution < -0.4 is 10.6 Å². The third kappa shape index (κ3) is 2.31. The number of ether oxygens (including phenoxy) is 1. The summed E-state index contributed by atoms with van der Waals surface area (Å²) in [6.45, 7) is 4.98. The zero-order valence-corrected chi connectivity index (χ0v) is 11.8. The molecular weight excluding hydrogens is 260 g/mol. The van der Waals surface area contributed by atoms with Crippen molar-refractivity contribution in [1.29, 1.82) is 0 Å². The summed E-state index contributed by atoms with van der Waals surface area (Å²) in [5, 5.41) is 1.14. The molecule has 6 heteroatoms. The van der Waals surface area contributed by atoms with Gasteiger partial charge in [-0.25, -0.2) is 9.97 Å². The first kappa shape index (κ1) is 12.8. The summed E-state index contributed by atoms with van der Waals surface area (Å²) in [4.78, 5) is 13.5. The second-order valence-electron chi connectivity index (χ2n) is 4.64. The Bertz CT molecular complexity index is 571. The Labute approximate surface area is 116 Å². The van der Waals surface area contributed by atoms with E-state index in [1.54, 1.807) is 17.7 Å². The Morgan fingerprint density at radius 1 is 1.53 bits per heavy atom. The number of aromatic nitrogens is 2. The molecule has 102 valence electrons. The minimum atomic E-state index is 0.205. The van der Waals surface area contributed by atoms with Crippen molar-refractivity contribution in [2.24, 2.45) is 5.73 Å². The number of rotatable bonds is 3. The smallest absolute Gasteiger partial charge is 0.141 e. The number of hydrogen-bond acceptors (Lipinski definition) is 6. The third-order valence-corrected chi connectivity index (χ3v) is 4.67. The second kappa shape index (κ2) is 5.40. The highest BCUT2D eigenvalue weighted by Crippen LogP contribution is 2.31. The summed E-state index contributed by atoms with van der Waals surface area (Å²) in [7, 11) is 0. The SMILES string of the molecule is CCc1cc2c(N3CCOCC3CN)ncnc2s1. The van der Waals surface area contributed by atoms with Crippen molar-refractivity contribution in [2.75, 3.05) is 31.2 Å². The first-order valence-corrected chi connectivity index (χ1v) is 7.43. The number of nitrogens with two attached hydrogens (primary N) is 1. The summed E-state index contributed by atoms with van der Waals surface area (Å²) < 4.78 is 5.50. The van der Waals surface area contributed by atoms with Gasteiger partial charge in [-0.05, 0) is 12.5 Å². The van der Waals surface area contributed by atoms with Gasteiger partial charge >= 0.3 is 0 Å². The van der Waals surface area contributed by atoms with E-state index in [1.807, 2.05) is 0 Å². The molecule has 5 nitrogen and oxygen atoms in total. The standard InChI is InChI=1S/C13H18N4OS/c1-2-10-5-11-12(15-8-16-13(11)19-10)17-3-4-18-7-9(17)6-14/h5,8-9H,2-4,6-7,14H2,1H3. The number of morpholine rings is 1. The molecule has 0 aliphatic carbocycles. The lowest BCUT2D eigenvalue weighted by Gasteiger charge is -2.35. The van der Waals surface area contributed by atoms with Crippen molar-refractivity contribution >= 4 is 27.4 Å². The van der Waals surface area contributed by atoms with Crippen LogP contribution in [-0.2, 0) is 11.2 Å². The average molecular weight is 278 g/mol. The van der Waals surface area contributed by atoms with Crippen LogP contribution in [0, 0.1) is 0 Å². The quantitative estimate of drug-likeness (QED) is 0.920. The van der Waals surface area contributed by atoms with E-state index in [2.05, 4.69) is 27.9 Å². The van der Waals surface area contributed by atoms with Crippen LogP contribution in [0.2, 0.25) is 0 Å². The number of fused-ring (bicyclic) bond motifs is 1. The highest BCUT2D eigenvalue weighted by Gasteiger charge is 2.25. The molecule has 0 aromatic carbocycles. The molecule has 1 unspecified atom stereocenters. The van der Waals surface area contributed by atoms with Gasteiger partial charge in [0.15, 0.2) is 0 Å². The van der Waals surface area contributed by atoms with Gasteiger partial charge in [0.2, 0.25) is 0 Å². The molecule has 1 fully saturated rings. The maximum absolute atomic E-state index is 5.84. The maximum atomic E-state index is 5.84. The van der Waals surface area contributed by atoms with Crippen LogP contribution in [0.1, 0.15) is 11.8 Å². The van der Waals surface area contributed by atoms with E-state index in [4.69, 9.17) is 10.5 Å². The number of nitrogens with zero attached hydrogens (tertiary/aromatic N) is 3. The van der Waals surface area contributed by atoms with Crippen molar-refractivity contribution in [3.63, 3.8) is 0 Å².